The molecule has 0 saturated carbocycles. The SMILES string of the molecule is CSCCC(C)Nc1cc(Br)c(F)cc1[N+](=O)[O-]. The number of nitro benzene ring substituents is 1. The molecule has 0 aliphatic heterocycles. The average Bonchev–Trinajstić information content (AvgIpc) is 2.30. The van der Waals surface area contributed by atoms with E-state index in [0.717, 1.165) is 18.2 Å². The Labute approximate surface area is 118 Å². The topological polar surface area (TPSA) is 55.2 Å². The van der Waals surface area contributed by atoms with E-state index in [9.17, 15) is 14.5 Å². The van der Waals surface area contributed by atoms with E-state index in [1.165, 1.54) is 6.07 Å². The highest BCUT2D eigenvalue weighted by atomic mass is 79.9. The number of nitro groups is 1. The fraction of sp³-hybridized carbons (Fsp3) is 0.455. The molecule has 0 amide bonds. The normalized spacial score (nSPS) is 12.2. The number of rotatable bonds is 6. The number of benzene rings is 1. The molecule has 0 aliphatic carbocycles. The third-order valence-electron chi connectivity index (χ3n) is 2.39. The highest BCUT2D eigenvalue weighted by Crippen LogP contribution is 2.31. The van der Waals surface area contributed by atoms with Crippen LogP contribution in [-0.4, -0.2) is 23.0 Å². The van der Waals surface area contributed by atoms with Crippen molar-refractivity contribution in [3.63, 3.8) is 0 Å². The minimum Gasteiger partial charge on any atom is -0.377 e. The lowest BCUT2D eigenvalue weighted by atomic mass is 10.2. The van der Waals surface area contributed by atoms with Crippen LogP contribution in [0.3, 0.4) is 0 Å². The molecule has 0 fully saturated rings. The Morgan fingerprint density at radius 2 is 2.28 bits per heavy atom. The van der Waals surface area contributed by atoms with Gasteiger partial charge in [0.2, 0.25) is 0 Å². The van der Waals surface area contributed by atoms with E-state index in [-0.39, 0.29) is 16.2 Å². The van der Waals surface area contributed by atoms with Crippen LogP contribution in [-0.2, 0) is 0 Å². The van der Waals surface area contributed by atoms with E-state index in [4.69, 9.17) is 0 Å². The highest BCUT2D eigenvalue weighted by Gasteiger charge is 2.18. The fourth-order valence-corrected chi connectivity index (χ4v) is 2.37. The molecule has 100 valence electrons. The molecule has 7 heteroatoms. The van der Waals surface area contributed by atoms with Gasteiger partial charge in [0, 0.05) is 6.04 Å². The monoisotopic (exact) mass is 336 g/mol. The van der Waals surface area contributed by atoms with Gasteiger partial charge in [-0.15, -0.1) is 0 Å². The second-order valence-corrected chi connectivity index (χ2v) is 5.71. The van der Waals surface area contributed by atoms with Crippen molar-refractivity contribution in [2.45, 2.75) is 19.4 Å². The lowest BCUT2D eigenvalue weighted by Gasteiger charge is -2.15. The first-order valence-electron chi connectivity index (χ1n) is 5.34. The van der Waals surface area contributed by atoms with E-state index in [2.05, 4.69) is 21.2 Å². The standard InChI is InChI=1S/C11H14BrFN2O2S/c1-7(3-4-18-2)14-10-5-8(12)9(13)6-11(10)15(16)17/h5-7,14H,3-4H2,1-2H3. The Morgan fingerprint density at radius 3 is 2.83 bits per heavy atom. The largest absolute Gasteiger partial charge is 0.377 e. The summed E-state index contributed by atoms with van der Waals surface area (Å²) in [7, 11) is 0. The van der Waals surface area contributed by atoms with Crippen LogP contribution < -0.4 is 5.32 Å². The molecule has 1 aromatic rings. The summed E-state index contributed by atoms with van der Waals surface area (Å²) >= 11 is 4.74. The predicted molar refractivity (Wildman–Crippen MR) is 76.8 cm³/mol. The van der Waals surface area contributed by atoms with Gasteiger partial charge in [0.1, 0.15) is 11.5 Å². The molecule has 1 unspecified atom stereocenters. The molecule has 1 N–H and O–H groups in total. The van der Waals surface area contributed by atoms with Gasteiger partial charge in [0.25, 0.3) is 5.69 Å². The second-order valence-electron chi connectivity index (χ2n) is 3.87. The Bertz CT molecular complexity index is 445. The number of hydrogen-bond donors (Lipinski definition) is 1. The summed E-state index contributed by atoms with van der Waals surface area (Å²) in [5.74, 6) is 0.327. The molecule has 0 spiro atoms. The van der Waals surface area contributed by atoms with E-state index in [1.54, 1.807) is 11.8 Å². The molecule has 0 radical (unpaired) electrons. The number of anilines is 1. The van der Waals surface area contributed by atoms with Crippen LogP contribution in [0.4, 0.5) is 15.8 Å². The smallest absolute Gasteiger partial charge is 0.295 e. The van der Waals surface area contributed by atoms with Crippen LogP contribution in [0, 0.1) is 15.9 Å². The number of thioether (sulfide) groups is 1. The summed E-state index contributed by atoms with van der Waals surface area (Å²) in [5.41, 5.74) is 0.0913. The molecular formula is C11H14BrFN2O2S. The summed E-state index contributed by atoms with van der Waals surface area (Å²) in [6.07, 6.45) is 2.89. The first kappa shape index (κ1) is 15.2. The average molecular weight is 337 g/mol. The minimum absolute atomic E-state index is 0.0912. The van der Waals surface area contributed by atoms with Crippen LogP contribution >= 0.6 is 27.7 Å². The Hall–Kier alpha value is -0.820. The van der Waals surface area contributed by atoms with Gasteiger partial charge in [0.15, 0.2) is 0 Å². The molecular weight excluding hydrogens is 323 g/mol. The van der Waals surface area contributed by atoms with Gasteiger partial charge in [-0.25, -0.2) is 4.39 Å². The zero-order valence-electron chi connectivity index (χ0n) is 10.1. The zero-order valence-corrected chi connectivity index (χ0v) is 12.5. The van der Waals surface area contributed by atoms with Gasteiger partial charge in [0.05, 0.1) is 15.5 Å². The zero-order chi connectivity index (χ0) is 13.7. The molecule has 0 aromatic heterocycles. The molecule has 0 saturated heterocycles. The molecule has 4 nitrogen and oxygen atoms in total. The van der Waals surface area contributed by atoms with Crippen molar-refractivity contribution < 1.29 is 9.31 Å². The summed E-state index contributed by atoms with van der Waals surface area (Å²) in [6.45, 7) is 1.94. The maximum atomic E-state index is 13.3. The fourth-order valence-electron chi connectivity index (χ4n) is 1.44. The maximum absolute atomic E-state index is 13.3. The van der Waals surface area contributed by atoms with Crippen LogP contribution in [0.2, 0.25) is 0 Å². The first-order valence-corrected chi connectivity index (χ1v) is 7.53. The highest BCUT2D eigenvalue weighted by molar-refractivity contribution is 9.10. The summed E-state index contributed by atoms with van der Waals surface area (Å²) < 4.78 is 13.5. The van der Waals surface area contributed by atoms with Gasteiger partial charge < -0.3 is 5.32 Å². The van der Waals surface area contributed by atoms with E-state index in [0.29, 0.717) is 5.69 Å². The third kappa shape index (κ3) is 4.13. The van der Waals surface area contributed by atoms with Crippen molar-refractivity contribution in [2.24, 2.45) is 0 Å². The van der Waals surface area contributed by atoms with Crippen LogP contribution in [0.25, 0.3) is 0 Å². The van der Waals surface area contributed by atoms with Crippen molar-refractivity contribution in [3.8, 4) is 0 Å². The minimum atomic E-state index is -0.635. The number of hydrogen-bond acceptors (Lipinski definition) is 4. The lowest BCUT2D eigenvalue weighted by Crippen LogP contribution is -2.17. The van der Waals surface area contributed by atoms with E-state index < -0.39 is 10.7 Å². The Balaban J connectivity index is 2.93. The molecule has 0 heterocycles. The van der Waals surface area contributed by atoms with Gasteiger partial charge in [-0.3, -0.25) is 10.1 Å². The summed E-state index contributed by atoms with van der Waals surface area (Å²) in [5, 5.41) is 13.9. The lowest BCUT2D eigenvalue weighted by molar-refractivity contribution is -0.384. The van der Waals surface area contributed by atoms with Crippen molar-refractivity contribution in [3.05, 3.63) is 32.5 Å². The van der Waals surface area contributed by atoms with Crippen LogP contribution in [0.5, 0.6) is 0 Å². The van der Waals surface area contributed by atoms with Gasteiger partial charge >= 0.3 is 0 Å². The Kier molecular flexibility index (Phi) is 5.87. The Morgan fingerprint density at radius 1 is 1.61 bits per heavy atom. The quantitative estimate of drug-likeness (QED) is 0.628. The molecule has 1 atom stereocenters. The number of nitrogens with one attached hydrogen (secondary N) is 1. The molecule has 0 bridgehead atoms. The van der Waals surface area contributed by atoms with Crippen LogP contribution in [0.1, 0.15) is 13.3 Å². The van der Waals surface area contributed by atoms with Gasteiger partial charge in [-0.2, -0.15) is 11.8 Å². The first-order chi connectivity index (χ1) is 8.45. The maximum Gasteiger partial charge on any atom is 0.295 e. The number of nitrogens with zero attached hydrogens (tertiary/aromatic N) is 1. The van der Waals surface area contributed by atoms with E-state index >= 15 is 0 Å². The summed E-state index contributed by atoms with van der Waals surface area (Å²) in [6, 6.07) is 2.42. The van der Waals surface area contributed by atoms with Crippen molar-refractivity contribution in [2.75, 3.05) is 17.3 Å². The van der Waals surface area contributed by atoms with Crippen molar-refractivity contribution in [1.29, 1.82) is 0 Å². The van der Waals surface area contributed by atoms with E-state index in [1.807, 2.05) is 13.2 Å². The van der Waals surface area contributed by atoms with Gasteiger partial charge in [-0.1, -0.05) is 0 Å². The molecule has 1 rings (SSSR count). The third-order valence-corrected chi connectivity index (χ3v) is 3.64. The molecule has 1 aromatic carbocycles. The van der Waals surface area contributed by atoms with Gasteiger partial charge in [-0.05, 0) is 47.3 Å². The van der Waals surface area contributed by atoms with Crippen molar-refractivity contribution >= 4 is 39.1 Å². The summed E-state index contributed by atoms with van der Waals surface area (Å²) in [4.78, 5) is 10.3. The number of halogens is 2. The molecule has 0 aliphatic rings. The van der Waals surface area contributed by atoms with Crippen molar-refractivity contribution in [1.82, 2.24) is 0 Å². The second kappa shape index (κ2) is 6.94. The molecule has 18 heavy (non-hydrogen) atoms. The predicted octanol–water partition coefficient (Wildman–Crippen LogP) is 4.05. The van der Waals surface area contributed by atoms with Crippen LogP contribution in [0.15, 0.2) is 16.6 Å².